The van der Waals surface area contributed by atoms with Crippen LogP contribution in [0.5, 0.6) is 5.88 Å². The van der Waals surface area contributed by atoms with Gasteiger partial charge in [-0.1, -0.05) is 18.5 Å². The Morgan fingerprint density at radius 3 is 2.96 bits per heavy atom. The van der Waals surface area contributed by atoms with E-state index < -0.39 is 0 Å². The van der Waals surface area contributed by atoms with Gasteiger partial charge in [-0.2, -0.15) is 5.26 Å². The number of hydrogen-bond donors (Lipinski definition) is 1. The Morgan fingerprint density at radius 1 is 1.54 bits per heavy atom. The van der Waals surface area contributed by atoms with E-state index in [-0.39, 0.29) is 17.0 Å². The van der Waals surface area contributed by atoms with Crippen LogP contribution < -0.4 is 10.1 Å². The number of rotatable bonds is 4. The summed E-state index contributed by atoms with van der Waals surface area (Å²) in [7, 11) is 0. The van der Waals surface area contributed by atoms with Crippen molar-refractivity contribution in [2.24, 2.45) is 5.92 Å². The number of carbonyl (C=O) groups is 1. The molecule has 0 unspecified atom stereocenters. The number of hydrogen-bond acceptors (Lipinski definition) is 5. The van der Waals surface area contributed by atoms with Crippen molar-refractivity contribution in [3.05, 3.63) is 38.9 Å². The molecular weight excluding hydrogens is 370 g/mol. The van der Waals surface area contributed by atoms with Crippen molar-refractivity contribution in [3.8, 4) is 11.9 Å². The van der Waals surface area contributed by atoms with Crippen molar-refractivity contribution in [1.82, 2.24) is 4.98 Å². The Labute approximate surface area is 162 Å². The van der Waals surface area contributed by atoms with E-state index in [9.17, 15) is 10.1 Å². The minimum atomic E-state index is -0.335. The Hall–Kier alpha value is -2.10. The highest BCUT2D eigenvalue weighted by Crippen LogP contribution is 2.39. The average Bonchev–Trinajstić information content (AvgIpc) is 2.92. The van der Waals surface area contributed by atoms with Gasteiger partial charge >= 0.3 is 0 Å². The molecule has 26 heavy (non-hydrogen) atoms. The van der Waals surface area contributed by atoms with Gasteiger partial charge in [-0.05, 0) is 50.7 Å². The van der Waals surface area contributed by atoms with Crippen molar-refractivity contribution < 1.29 is 9.53 Å². The van der Waals surface area contributed by atoms with Crippen molar-refractivity contribution in [2.75, 3.05) is 5.32 Å². The van der Waals surface area contributed by atoms with E-state index in [1.54, 1.807) is 0 Å². The van der Waals surface area contributed by atoms with Gasteiger partial charge < -0.3 is 10.1 Å². The molecule has 1 N–H and O–H groups in total. The van der Waals surface area contributed by atoms with Gasteiger partial charge in [0.05, 0.1) is 17.2 Å². The number of nitrogens with zero attached hydrogens (tertiary/aromatic N) is 2. The third-order valence-corrected chi connectivity index (χ3v) is 5.71. The number of fused-ring (bicyclic) bond motifs is 1. The molecule has 2 heterocycles. The molecule has 3 rings (SSSR count). The molecule has 5 nitrogen and oxygen atoms in total. The number of ether oxygens (including phenoxy) is 1. The Kier molecular flexibility index (Phi) is 5.49. The number of nitrogens with one attached hydrogen (secondary N) is 1. The first-order chi connectivity index (χ1) is 12.4. The standard InChI is InChI=1S/C19H20ClN3O2S/c1-10(2)25-18-15(20)7-12(9-22-18)17(24)23-19-14(8-21)13-5-4-11(3)6-16(13)26-19/h7,9-11H,4-6H2,1-3H3,(H,23,24)/t11-/m1/s1. The molecule has 2 aromatic rings. The molecular formula is C19H20ClN3O2S. The summed E-state index contributed by atoms with van der Waals surface area (Å²) in [6.07, 6.45) is 4.29. The van der Waals surface area contributed by atoms with Crippen LogP contribution in [0.1, 0.15) is 53.6 Å². The molecule has 1 aliphatic carbocycles. The van der Waals surface area contributed by atoms with Crippen LogP contribution in [-0.4, -0.2) is 17.0 Å². The van der Waals surface area contributed by atoms with Gasteiger partial charge in [-0.3, -0.25) is 4.79 Å². The number of anilines is 1. The zero-order valence-electron chi connectivity index (χ0n) is 14.9. The highest BCUT2D eigenvalue weighted by atomic mass is 35.5. The van der Waals surface area contributed by atoms with Gasteiger partial charge in [0.2, 0.25) is 5.88 Å². The molecule has 1 atom stereocenters. The van der Waals surface area contributed by atoms with E-state index in [4.69, 9.17) is 16.3 Å². The number of amides is 1. The van der Waals surface area contributed by atoms with Crippen molar-refractivity contribution in [2.45, 2.75) is 46.1 Å². The SMILES string of the molecule is CC(C)Oc1ncc(C(=O)Nc2sc3c(c2C#N)CC[C@@H](C)C3)cc1Cl. The second-order valence-corrected chi connectivity index (χ2v) is 8.31. The van der Waals surface area contributed by atoms with Crippen molar-refractivity contribution in [3.63, 3.8) is 0 Å². The summed E-state index contributed by atoms with van der Waals surface area (Å²) in [6.45, 7) is 5.96. The van der Waals surface area contributed by atoms with Crippen molar-refractivity contribution in [1.29, 1.82) is 5.26 Å². The predicted octanol–water partition coefficient (Wildman–Crippen LogP) is 4.83. The van der Waals surface area contributed by atoms with Crippen LogP contribution in [-0.2, 0) is 12.8 Å². The minimum absolute atomic E-state index is 0.0577. The largest absolute Gasteiger partial charge is 0.474 e. The molecule has 0 saturated carbocycles. The maximum atomic E-state index is 12.6. The summed E-state index contributed by atoms with van der Waals surface area (Å²) in [5.74, 6) is 0.572. The summed E-state index contributed by atoms with van der Waals surface area (Å²) in [6, 6.07) is 3.78. The molecule has 0 spiro atoms. The Balaban J connectivity index is 1.83. The fourth-order valence-corrected chi connectivity index (χ4v) is 4.56. The van der Waals surface area contributed by atoms with Gasteiger partial charge in [-0.25, -0.2) is 4.98 Å². The first kappa shape index (κ1) is 18.7. The highest BCUT2D eigenvalue weighted by Gasteiger charge is 2.25. The monoisotopic (exact) mass is 389 g/mol. The van der Waals surface area contributed by atoms with E-state index in [1.165, 1.54) is 28.5 Å². The molecule has 0 fully saturated rings. The van der Waals surface area contributed by atoms with Crippen LogP contribution in [0.4, 0.5) is 5.00 Å². The summed E-state index contributed by atoms with van der Waals surface area (Å²) in [5.41, 5.74) is 2.00. The van der Waals surface area contributed by atoms with Gasteiger partial charge in [-0.15, -0.1) is 11.3 Å². The van der Waals surface area contributed by atoms with Crippen molar-refractivity contribution >= 4 is 33.8 Å². The van der Waals surface area contributed by atoms with Crippen LogP contribution in [0.15, 0.2) is 12.3 Å². The smallest absolute Gasteiger partial charge is 0.257 e. The maximum absolute atomic E-state index is 12.6. The van der Waals surface area contributed by atoms with E-state index in [1.807, 2.05) is 13.8 Å². The lowest BCUT2D eigenvalue weighted by molar-refractivity contribution is 0.102. The number of thiophene rings is 1. The zero-order valence-corrected chi connectivity index (χ0v) is 16.5. The van der Waals surface area contributed by atoms with Gasteiger partial charge in [0.15, 0.2) is 0 Å². The Morgan fingerprint density at radius 2 is 2.31 bits per heavy atom. The number of nitriles is 1. The molecule has 136 valence electrons. The summed E-state index contributed by atoms with van der Waals surface area (Å²) >= 11 is 7.66. The topological polar surface area (TPSA) is 75.0 Å². The molecule has 0 bridgehead atoms. The van der Waals surface area contributed by atoms with E-state index in [2.05, 4.69) is 23.3 Å². The quantitative estimate of drug-likeness (QED) is 0.812. The van der Waals surface area contributed by atoms with Gasteiger partial charge in [0.25, 0.3) is 5.91 Å². The highest BCUT2D eigenvalue weighted by molar-refractivity contribution is 7.16. The third-order valence-electron chi connectivity index (χ3n) is 4.27. The maximum Gasteiger partial charge on any atom is 0.257 e. The molecule has 0 radical (unpaired) electrons. The second-order valence-electron chi connectivity index (χ2n) is 6.80. The summed E-state index contributed by atoms with van der Waals surface area (Å²) in [5, 5.41) is 13.3. The lowest BCUT2D eigenvalue weighted by Gasteiger charge is -2.17. The molecule has 0 aliphatic heterocycles. The zero-order chi connectivity index (χ0) is 18.8. The normalized spacial score (nSPS) is 16.1. The van der Waals surface area contributed by atoms with Crippen LogP contribution in [0.3, 0.4) is 0 Å². The lowest BCUT2D eigenvalue weighted by Crippen LogP contribution is -2.13. The van der Waals surface area contributed by atoms with Crippen LogP contribution in [0, 0.1) is 17.2 Å². The van der Waals surface area contributed by atoms with E-state index >= 15 is 0 Å². The third kappa shape index (κ3) is 3.84. The molecule has 0 aromatic carbocycles. The first-order valence-corrected chi connectivity index (χ1v) is 9.76. The molecule has 1 aliphatic rings. The summed E-state index contributed by atoms with van der Waals surface area (Å²) in [4.78, 5) is 17.9. The molecule has 2 aromatic heterocycles. The fraction of sp³-hybridized carbons (Fsp3) is 0.421. The van der Waals surface area contributed by atoms with Gasteiger partial charge in [0, 0.05) is 11.1 Å². The van der Waals surface area contributed by atoms with Gasteiger partial charge in [0.1, 0.15) is 16.1 Å². The second kappa shape index (κ2) is 7.65. The predicted molar refractivity (Wildman–Crippen MR) is 103 cm³/mol. The van der Waals surface area contributed by atoms with E-state index in [0.717, 1.165) is 24.8 Å². The van der Waals surface area contributed by atoms with Crippen LogP contribution in [0.25, 0.3) is 0 Å². The lowest BCUT2D eigenvalue weighted by atomic mass is 9.88. The van der Waals surface area contributed by atoms with E-state index in [0.29, 0.717) is 27.9 Å². The number of aromatic nitrogens is 1. The molecule has 1 amide bonds. The molecule has 7 heteroatoms. The molecule has 0 saturated heterocycles. The fourth-order valence-electron chi connectivity index (χ4n) is 2.99. The minimum Gasteiger partial charge on any atom is -0.474 e. The van der Waals surface area contributed by atoms with Crippen LogP contribution in [0.2, 0.25) is 5.02 Å². The number of carbonyl (C=O) groups excluding carboxylic acids is 1. The number of pyridine rings is 1. The van der Waals surface area contributed by atoms with Crippen LogP contribution >= 0.6 is 22.9 Å². The number of halogens is 1. The summed E-state index contributed by atoms with van der Waals surface area (Å²) < 4.78 is 5.48. The first-order valence-electron chi connectivity index (χ1n) is 8.57. The Bertz CT molecular complexity index is 886. The average molecular weight is 390 g/mol.